The predicted octanol–water partition coefficient (Wildman–Crippen LogP) is 3.29. The number of hydrogen-bond acceptors (Lipinski definition) is 2. The van der Waals surface area contributed by atoms with Crippen LogP contribution < -0.4 is 0 Å². The van der Waals surface area contributed by atoms with Crippen LogP contribution in [0, 0.1) is 0 Å². The summed E-state index contributed by atoms with van der Waals surface area (Å²) in [6.07, 6.45) is 3.78. The van der Waals surface area contributed by atoms with Gasteiger partial charge in [0.15, 0.2) is 0 Å². The highest BCUT2D eigenvalue weighted by atomic mass is 32.1. The fourth-order valence-corrected chi connectivity index (χ4v) is 2.49. The van der Waals surface area contributed by atoms with Crippen molar-refractivity contribution in [2.75, 3.05) is 0 Å². The van der Waals surface area contributed by atoms with E-state index in [0.717, 1.165) is 5.69 Å². The van der Waals surface area contributed by atoms with Crippen molar-refractivity contribution < 1.29 is 0 Å². The molecule has 3 aromatic rings. The summed E-state index contributed by atoms with van der Waals surface area (Å²) in [6, 6.07) is 10.2. The van der Waals surface area contributed by atoms with E-state index in [0.29, 0.717) is 0 Å². The van der Waals surface area contributed by atoms with Gasteiger partial charge in [0.05, 0.1) is 20.8 Å². The molecule has 3 heterocycles. The first kappa shape index (κ1) is 7.76. The van der Waals surface area contributed by atoms with E-state index in [4.69, 9.17) is 0 Å². The second-order valence-electron chi connectivity index (χ2n) is 3.08. The van der Waals surface area contributed by atoms with Crippen molar-refractivity contribution in [2.45, 2.75) is 0 Å². The third-order valence-corrected chi connectivity index (χ3v) is 3.27. The molecule has 68 valence electrons. The molecular formula is C11H8N2S. The molecule has 14 heavy (non-hydrogen) atoms. The fourth-order valence-electron chi connectivity index (χ4n) is 1.48. The maximum Gasteiger partial charge on any atom is 0.0802 e. The molecule has 0 spiro atoms. The summed E-state index contributed by atoms with van der Waals surface area (Å²) in [6.45, 7) is 0. The molecular weight excluding hydrogens is 192 g/mol. The number of hydrogen-bond donors (Lipinski definition) is 1. The molecule has 0 fully saturated rings. The minimum absolute atomic E-state index is 1.04. The van der Waals surface area contributed by atoms with Gasteiger partial charge in [-0.2, -0.15) is 0 Å². The van der Waals surface area contributed by atoms with Crippen LogP contribution in [-0.2, 0) is 0 Å². The Kier molecular flexibility index (Phi) is 1.64. The second-order valence-corrected chi connectivity index (χ2v) is 4.17. The Morgan fingerprint density at radius 3 is 3.00 bits per heavy atom. The summed E-state index contributed by atoms with van der Waals surface area (Å²) in [5, 5.41) is 0. The molecule has 0 amide bonds. The van der Waals surface area contributed by atoms with E-state index in [2.05, 4.69) is 22.1 Å². The predicted molar refractivity (Wildman–Crippen MR) is 59.4 cm³/mol. The van der Waals surface area contributed by atoms with Gasteiger partial charge in [-0.05, 0) is 24.3 Å². The Morgan fingerprint density at radius 1 is 1.21 bits per heavy atom. The summed E-state index contributed by atoms with van der Waals surface area (Å²) in [4.78, 5) is 8.73. The van der Waals surface area contributed by atoms with Crippen molar-refractivity contribution in [3.05, 3.63) is 42.7 Å². The maximum absolute atomic E-state index is 4.32. The lowest BCUT2D eigenvalue weighted by atomic mass is 10.3. The van der Waals surface area contributed by atoms with Crippen LogP contribution >= 0.6 is 11.3 Å². The Bertz CT molecular complexity index is 522. The third-order valence-electron chi connectivity index (χ3n) is 2.15. The van der Waals surface area contributed by atoms with E-state index in [1.165, 1.54) is 15.1 Å². The van der Waals surface area contributed by atoms with Crippen molar-refractivity contribution in [1.29, 1.82) is 0 Å². The van der Waals surface area contributed by atoms with Crippen LogP contribution in [0.3, 0.4) is 0 Å². The smallest absolute Gasteiger partial charge is 0.0802 e. The number of nitrogens with zero attached hydrogens (tertiary/aromatic N) is 1. The first-order valence-electron chi connectivity index (χ1n) is 4.42. The summed E-state index contributed by atoms with van der Waals surface area (Å²) >= 11 is 1.76. The monoisotopic (exact) mass is 200 g/mol. The lowest BCUT2D eigenvalue weighted by Crippen LogP contribution is -1.75. The summed E-state index contributed by atoms with van der Waals surface area (Å²) in [5.74, 6) is 0. The highest BCUT2D eigenvalue weighted by Gasteiger charge is 2.04. The summed E-state index contributed by atoms with van der Waals surface area (Å²) in [5.41, 5.74) is 2.23. The van der Waals surface area contributed by atoms with E-state index in [1.807, 2.05) is 30.6 Å². The highest BCUT2D eigenvalue weighted by Crippen LogP contribution is 2.31. The van der Waals surface area contributed by atoms with Gasteiger partial charge in [0, 0.05) is 12.4 Å². The quantitative estimate of drug-likeness (QED) is 0.641. The lowest BCUT2D eigenvalue weighted by Gasteiger charge is -1.92. The second kappa shape index (κ2) is 2.96. The van der Waals surface area contributed by atoms with Crippen LogP contribution in [0.4, 0.5) is 0 Å². The molecule has 3 heteroatoms. The van der Waals surface area contributed by atoms with Crippen LogP contribution in [0.2, 0.25) is 0 Å². The minimum Gasteiger partial charge on any atom is -0.360 e. The fraction of sp³-hybridized carbons (Fsp3) is 0. The van der Waals surface area contributed by atoms with Crippen molar-refractivity contribution in [3.8, 4) is 10.6 Å². The Balaban J connectivity index is 2.19. The van der Waals surface area contributed by atoms with Crippen molar-refractivity contribution in [3.63, 3.8) is 0 Å². The number of aromatic nitrogens is 2. The molecule has 2 nitrogen and oxygen atoms in total. The van der Waals surface area contributed by atoms with Gasteiger partial charge in [-0.1, -0.05) is 6.07 Å². The Hall–Kier alpha value is -1.61. The molecule has 0 saturated carbocycles. The van der Waals surface area contributed by atoms with E-state index < -0.39 is 0 Å². The van der Waals surface area contributed by atoms with Crippen LogP contribution in [-0.4, -0.2) is 9.97 Å². The molecule has 0 aliphatic heterocycles. The largest absolute Gasteiger partial charge is 0.360 e. The van der Waals surface area contributed by atoms with Gasteiger partial charge in [-0.3, -0.25) is 4.98 Å². The lowest BCUT2D eigenvalue weighted by molar-refractivity contribution is 1.34. The van der Waals surface area contributed by atoms with Gasteiger partial charge in [-0.25, -0.2) is 0 Å². The van der Waals surface area contributed by atoms with E-state index in [9.17, 15) is 0 Å². The zero-order valence-corrected chi connectivity index (χ0v) is 8.21. The van der Waals surface area contributed by atoms with Gasteiger partial charge in [0.25, 0.3) is 0 Å². The number of nitrogens with one attached hydrogen (secondary N) is 1. The van der Waals surface area contributed by atoms with Crippen molar-refractivity contribution in [2.24, 2.45) is 0 Å². The Morgan fingerprint density at radius 2 is 2.21 bits per heavy atom. The Labute approximate surface area is 85.2 Å². The maximum atomic E-state index is 4.32. The van der Waals surface area contributed by atoms with E-state index in [-0.39, 0.29) is 0 Å². The van der Waals surface area contributed by atoms with E-state index >= 15 is 0 Å². The number of rotatable bonds is 1. The van der Waals surface area contributed by atoms with Crippen molar-refractivity contribution in [1.82, 2.24) is 9.97 Å². The van der Waals surface area contributed by atoms with E-state index in [1.54, 1.807) is 11.3 Å². The summed E-state index contributed by atoms with van der Waals surface area (Å²) < 4.78 is 1.28. The van der Waals surface area contributed by atoms with Crippen LogP contribution in [0.5, 0.6) is 0 Å². The first-order chi connectivity index (χ1) is 6.93. The first-order valence-corrected chi connectivity index (χ1v) is 5.23. The molecule has 1 N–H and O–H groups in total. The van der Waals surface area contributed by atoms with Gasteiger partial charge in [0.1, 0.15) is 0 Å². The molecule has 0 bridgehead atoms. The minimum atomic E-state index is 1.04. The van der Waals surface area contributed by atoms with Crippen LogP contribution in [0.1, 0.15) is 0 Å². The SMILES string of the molecule is c1ccc(-c2cc3[nH]ccc3s2)nc1. The molecule has 0 saturated heterocycles. The number of pyridine rings is 1. The number of fused-ring (bicyclic) bond motifs is 1. The highest BCUT2D eigenvalue weighted by molar-refractivity contribution is 7.22. The molecule has 3 aromatic heterocycles. The molecule has 0 aliphatic carbocycles. The average molecular weight is 200 g/mol. The molecule has 0 unspecified atom stereocenters. The van der Waals surface area contributed by atoms with Gasteiger partial charge >= 0.3 is 0 Å². The molecule has 0 radical (unpaired) electrons. The molecule has 0 aliphatic rings. The number of H-pyrrole nitrogens is 1. The van der Waals surface area contributed by atoms with Gasteiger partial charge in [-0.15, -0.1) is 11.3 Å². The third kappa shape index (κ3) is 1.14. The molecule has 0 atom stereocenters. The van der Waals surface area contributed by atoms with Crippen molar-refractivity contribution >= 4 is 21.6 Å². The van der Waals surface area contributed by atoms with Gasteiger partial charge < -0.3 is 4.98 Å². The van der Waals surface area contributed by atoms with Gasteiger partial charge in [0.2, 0.25) is 0 Å². The normalized spacial score (nSPS) is 10.9. The molecule has 0 aromatic carbocycles. The van der Waals surface area contributed by atoms with Crippen LogP contribution in [0.25, 0.3) is 20.8 Å². The number of thiophene rings is 1. The average Bonchev–Trinajstić information content (AvgIpc) is 2.78. The van der Waals surface area contributed by atoms with Crippen LogP contribution in [0.15, 0.2) is 42.7 Å². The standard InChI is InChI=1S/C11H8N2S/c1-2-5-12-8(3-1)11-7-9-10(14-11)4-6-13-9/h1-7,13H. The number of aromatic amines is 1. The zero-order valence-electron chi connectivity index (χ0n) is 7.40. The molecule has 3 rings (SSSR count). The topological polar surface area (TPSA) is 28.7 Å². The summed E-state index contributed by atoms with van der Waals surface area (Å²) in [7, 11) is 0. The zero-order chi connectivity index (χ0) is 9.38.